The van der Waals surface area contributed by atoms with E-state index in [0.29, 0.717) is 19.4 Å². The second kappa shape index (κ2) is 8.63. The maximum atomic E-state index is 11.9. The first kappa shape index (κ1) is 17.5. The van der Waals surface area contributed by atoms with Gasteiger partial charge in [0, 0.05) is 23.5 Å². The summed E-state index contributed by atoms with van der Waals surface area (Å²) in [6, 6.07) is 2.41. The molecule has 118 valence electrons. The Bertz CT molecular complexity index is 475. The number of aliphatic carboxylic acids is 1. The lowest BCUT2D eigenvalue weighted by Crippen LogP contribution is -2.46. The van der Waals surface area contributed by atoms with Crippen LogP contribution in [0.4, 0.5) is 4.79 Å². The topological polar surface area (TPSA) is 87.7 Å². The van der Waals surface area contributed by atoms with Gasteiger partial charge in [-0.1, -0.05) is 0 Å². The molecule has 21 heavy (non-hydrogen) atoms. The molecule has 2 amide bonds. The molecule has 1 aromatic rings. The number of carbonyl (C=O) groups is 2. The minimum Gasteiger partial charge on any atom is -0.480 e. The molecule has 1 aromatic heterocycles. The van der Waals surface area contributed by atoms with Crippen LogP contribution in [0.3, 0.4) is 0 Å². The number of nitrogens with one attached hydrogen (secondary N) is 2. The second-order valence-electron chi connectivity index (χ2n) is 4.81. The molecule has 0 bridgehead atoms. The number of amides is 2. The number of rotatable bonds is 8. The zero-order valence-corrected chi connectivity index (χ0v) is 13.3. The summed E-state index contributed by atoms with van der Waals surface area (Å²) in [5.41, 5.74) is 0. The van der Waals surface area contributed by atoms with Gasteiger partial charge in [0.05, 0.1) is 6.04 Å². The first-order valence-corrected chi connectivity index (χ1v) is 7.60. The van der Waals surface area contributed by atoms with E-state index in [2.05, 4.69) is 10.6 Å². The molecule has 0 aromatic carbocycles. The van der Waals surface area contributed by atoms with Crippen LogP contribution in [-0.4, -0.2) is 36.9 Å². The van der Waals surface area contributed by atoms with Crippen LogP contribution < -0.4 is 10.6 Å². The number of carboxylic acid groups (broad SMARTS) is 1. The largest absolute Gasteiger partial charge is 0.480 e. The molecule has 0 saturated carbocycles. The van der Waals surface area contributed by atoms with E-state index in [1.165, 1.54) is 4.88 Å². The molecular weight excluding hydrogens is 292 g/mol. The van der Waals surface area contributed by atoms with Gasteiger partial charge in [-0.05, 0) is 38.8 Å². The van der Waals surface area contributed by atoms with Crippen LogP contribution in [0, 0.1) is 6.92 Å². The number of aryl methyl sites for hydroxylation is 1. The van der Waals surface area contributed by atoms with Crippen LogP contribution in [-0.2, 0) is 9.53 Å². The lowest BCUT2D eigenvalue weighted by atomic mass is 10.1. The number of thiophene rings is 1. The van der Waals surface area contributed by atoms with E-state index in [-0.39, 0.29) is 6.04 Å². The van der Waals surface area contributed by atoms with Crippen molar-refractivity contribution in [1.29, 1.82) is 0 Å². The molecule has 2 unspecified atom stereocenters. The molecule has 0 aliphatic heterocycles. The minimum atomic E-state index is -1.04. The molecule has 0 saturated heterocycles. The van der Waals surface area contributed by atoms with Crippen molar-refractivity contribution in [2.45, 2.75) is 38.8 Å². The summed E-state index contributed by atoms with van der Waals surface area (Å²) in [7, 11) is 1.56. The van der Waals surface area contributed by atoms with Gasteiger partial charge in [-0.25, -0.2) is 9.59 Å². The predicted octanol–water partition coefficient (Wildman–Crippen LogP) is 2.30. The highest BCUT2D eigenvalue weighted by Crippen LogP contribution is 2.22. The first-order valence-electron chi connectivity index (χ1n) is 6.79. The Morgan fingerprint density at radius 2 is 2.10 bits per heavy atom. The molecule has 3 N–H and O–H groups in total. The van der Waals surface area contributed by atoms with Gasteiger partial charge in [-0.2, -0.15) is 0 Å². The summed E-state index contributed by atoms with van der Waals surface area (Å²) in [5, 5.41) is 14.3. The molecule has 0 aliphatic rings. The maximum Gasteiger partial charge on any atom is 0.326 e. The van der Waals surface area contributed by atoms with Crippen LogP contribution in [0.15, 0.2) is 12.1 Å². The summed E-state index contributed by atoms with van der Waals surface area (Å²) in [4.78, 5) is 25.2. The fraction of sp³-hybridized carbons (Fsp3) is 0.571. The smallest absolute Gasteiger partial charge is 0.326 e. The monoisotopic (exact) mass is 314 g/mol. The zero-order valence-electron chi connectivity index (χ0n) is 12.5. The number of hydrogen-bond acceptors (Lipinski definition) is 4. The van der Waals surface area contributed by atoms with Gasteiger partial charge in [0.2, 0.25) is 0 Å². The van der Waals surface area contributed by atoms with Crippen molar-refractivity contribution >= 4 is 23.3 Å². The van der Waals surface area contributed by atoms with Crippen molar-refractivity contribution in [3.8, 4) is 0 Å². The van der Waals surface area contributed by atoms with Crippen molar-refractivity contribution in [3.63, 3.8) is 0 Å². The number of carbonyl (C=O) groups excluding carboxylic acids is 1. The van der Waals surface area contributed by atoms with E-state index in [9.17, 15) is 9.59 Å². The fourth-order valence-electron chi connectivity index (χ4n) is 1.84. The maximum absolute atomic E-state index is 11.9. The summed E-state index contributed by atoms with van der Waals surface area (Å²) in [6.45, 7) is 4.33. The molecule has 1 heterocycles. The Labute approximate surface area is 128 Å². The Balaban J connectivity index is 2.47. The summed E-state index contributed by atoms with van der Waals surface area (Å²) in [5.74, 6) is -1.04. The second-order valence-corrected chi connectivity index (χ2v) is 6.13. The third-order valence-corrected chi connectivity index (χ3v) is 4.16. The standard InChI is InChI=1S/C14H22N2O4S/c1-9-6-7-12(21-9)10(2)15-14(19)16-11(13(17)18)5-4-8-20-3/h6-7,10-11H,4-5,8H2,1-3H3,(H,17,18)(H2,15,16,19). The molecule has 0 fully saturated rings. The van der Waals surface area contributed by atoms with Gasteiger partial charge in [0.15, 0.2) is 0 Å². The van der Waals surface area contributed by atoms with Gasteiger partial charge in [0.25, 0.3) is 0 Å². The summed E-state index contributed by atoms with van der Waals surface area (Å²) >= 11 is 1.60. The number of urea groups is 1. The summed E-state index contributed by atoms with van der Waals surface area (Å²) < 4.78 is 4.88. The quantitative estimate of drug-likeness (QED) is 0.642. The van der Waals surface area contributed by atoms with Crippen LogP contribution in [0.25, 0.3) is 0 Å². The zero-order chi connectivity index (χ0) is 15.8. The SMILES string of the molecule is COCCCC(NC(=O)NC(C)c1ccc(C)s1)C(=O)O. The highest BCUT2D eigenvalue weighted by Gasteiger charge is 2.20. The molecule has 2 atom stereocenters. The van der Waals surface area contributed by atoms with Gasteiger partial charge in [0.1, 0.15) is 6.04 Å². The first-order chi connectivity index (χ1) is 9.93. The number of carboxylic acids is 1. The Hall–Kier alpha value is -1.60. The van der Waals surface area contributed by atoms with Crippen LogP contribution in [0.1, 0.15) is 35.6 Å². The highest BCUT2D eigenvalue weighted by molar-refractivity contribution is 7.12. The Morgan fingerprint density at radius 3 is 2.62 bits per heavy atom. The number of ether oxygens (including phenoxy) is 1. The normalized spacial score (nSPS) is 13.5. The lowest BCUT2D eigenvalue weighted by molar-refractivity contribution is -0.139. The number of methoxy groups -OCH3 is 1. The molecule has 7 heteroatoms. The van der Waals surface area contributed by atoms with E-state index in [1.54, 1.807) is 18.4 Å². The molecular formula is C14H22N2O4S. The van der Waals surface area contributed by atoms with Crippen molar-refractivity contribution in [1.82, 2.24) is 10.6 Å². The lowest BCUT2D eigenvalue weighted by Gasteiger charge is -2.17. The molecule has 1 rings (SSSR count). The van der Waals surface area contributed by atoms with Gasteiger partial charge in [-0.3, -0.25) is 0 Å². The van der Waals surface area contributed by atoms with Gasteiger partial charge >= 0.3 is 12.0 Å². The molecule has 0 radical (unpaired) electrons. The average Bonchev–Trinajstić information content (AvgIpc) is 2.84. The van der Waals surface area contributed by atoms with E-state index < -0.39 is 18.0 Å². The van der Waals surface area contributed by atoms with Crippen LogP contribution >= 0.6 is 11.3 Å². The molecule has 6 nitrogen and oxygen atoms in total. The van der Waals surface area contributed by atoms with E-state index in [4.69, 9.17) is 9.84 Å². The molecule has 0 aliphatic carbocycles. The van der Waals surface area contributed by atoms with Crippen molar-refractivity contribution in [2.75, 3.05) is 13.7 Å². The Morgan fingerprint density at radius 1 is 1.38 bits per heavy atom. The molecule has 0 spiro atoms. The average molecular weight is 314 g/mol. The Kier molecular flexibility index (Phi) is 7.18. The van der Waals surface area contributed by atoms with Gasteiger partial charge < -0.3 is 20.5 Å². The minimum absolute atomic E-state index is 0.155. The van der Waals surface area contributed by atoms with Crippen molar-refractivity contribution in [3.05, 3.63) is 21.9 Å². The number of hydrogen-bond donors (Lipinski definition) is 3. The van der Waals surface area contributed by atoms with Crippen LogP contribution in [0.2, 0.25) is 0 Å². The van der Waals surface area contributed by atoms with Crippen molar-refractivity contribution in [2.24, 2.45) is 0 Å². The van der Waals surface area contributed by atoms with E-state index in [1.807, 2.05) is 26.0 Å². The van der Waals surface area contributed by atoms with E-state index >= 15 is 0 Å². The van der Waals surface area contributed by atoms with Gasteiger partial charge in [-0.15, -0.1) is 11.3 Å². The third-order valence-electron chi connectivity index (χ3n) is 2.98. The fourth-order valence-corrected chi connectivity index (χ4v) is 2.72. The van der Waals surface area contributed by atoms with Crippen molar-refractivity contribution < 1.29 is 19.4 Å². The summed E-state index contributed by atoms with van der Waals surface area (Å²) in [6.07, 6.45) is 0.913. The highest BCUT2D eigenvalue weighted by atomic mass is 32.1. The van der Waals surface area contributed by atoms with E-state index in [0.717, 1.165) is 4.88 Å². The van der Waals surface area contributed by atoms with Crippen LogP contribution in [0.5, 0.6) is 0 Å². The third kappa shape index (κ3) is 6.14. The predicted molar refractivity (Wildman–Crippen MR) is 81.7 cm³/mol.